The SMILES string of the molecule is Cc1cc(S(C)(=O)=O)cc(C(=O)NC(C)(C2CC2)C(F)(F)F)c1C. The molecular weight excluding hydrogens is 343 g/mol. The van der Waals surface area contributed by atoms with E-state index in [1.165, 1.54) is 6.07 Å². The number of alkyl halides is 3. The van der Waals surface area contributed by atoms with Gasteiger partial charge in [-0.2, -0.15) is 13.2 Å². The van der Waals surface area contributed by atoms with Crippen LogP contribution in [-0.2, 0) is 9.84 Å². The summed E-state index contributed by atoms with van der Waals surface area (Å²) in [5.74, 6) is -1.56. The quantitative estimate of drug-likeness (QED) is 0.894. The molecule has 1 aliphatic carbocycles. The van der Waals surface area contributed by atoms with E-state index in [1.807, 2.05) is 0 Å². The molecule has 1 N–H and O–H groups in total. The minimum absolute atomic E-state index is 0.0495. The van der Waals surface area contributed by atoms with Crippen LogP contribution in [0, 0.1) is 19.8 Å². The zero-order valence-electron chi connectivity index (χ0n) is 13.9. The number of hydrogen-bond acceptors (Lipinski definition) is 3. The van der Waals surface area contributed by atoms with Crippen molar-refractivity contribution < 1.29 is 26.4 Å². The molecule has 8 heteroatoms. The van der Waals surface area contributed by atoms with Crippen molar-refractivity contribution in [2.45, 2.75) is 50.2 Å². The number of amides is 1. The predicted molar refractivity (Wildman–Crippen MR) is 83.7 cm³/mol. The maximum absolute atomic E-state index is 13.4. The van der Waals surface area contributed by atoms with Crippen LogP contribution in [0.3, 0.4) is 0 Å². The Morgan fingerprint density at radius 2 is 1.75 bits per heavy atom. The van der Waals surface area contributed by atoms with Crippen molar-refractivity contribution in [3.05, 3.63) is 28.8 Å². The minimum Gasteiger partial charge on any atom is -0.338 e. The summed E-state index contributed by atoms with van der Waals surface area (Å²) in [6.07, 6.45) is -2.79. The van der Waals surface area contributed by atoms with E-state index < -0.39 is 33.4 Å². The molecule has 0 saturated heterocycles. The minimum atomic E-state index is -4.58. The summed E-state index contributed by atoms with van der Waals surface area (Å²) in [5.41, 5.74) is -1.37. The molecule has 1 atom stereocenters. The Kier molecular flexibility index (Phi) is 4.50. The molecule has 1 amide bonds. The van der Waals surface area contributed by atoms with Gasteiger partial charge in [0.2, 0.25) is 0 Å². The average molecular weight is 363 g/mol. The normalized spacial score (nSPS) is 18.1. The van der Waals surface area contributed by atoms with Crippen molar-refractivity contribution >= 4 is 15.7 Å². The molecule has 1 aromatic carbocycles. The first-order chi connectivity index (χ1) is 10.8. The van der Waals surface area contributed by atoms with Gasteiger partial charge < -0.3 is 5.32 Å². The van der Waals surface area contributed by atoms with Crippen LogP contribution in [0.4, 0.5) is 13.2 Å². The standard InChI is InChI=1S/C16H20F3NO3S/c1-9-7-12(24(4,22)23)8-13(10(9)2)14(21)20-15(3,11-5-6-11)16(17,18)19/h7-8,11H,5-6H2,1-4H3,(H,20,21). The van der Waals surface area contributed by atoms with Gasteiger partial charge in [-0.1, -0.05) is 0 Å². The molecule has 0 aliphatic heterocycles. The first-order valence-electron chi connectivity index (χ1n) is 7.48. The monoisotopic (exact) mass is 363 g/mol. The highest BCUT2D eigenvalue weighted by molar-refractivity contribution is 7.90. The third kappa shape index (κ3) is 3.43. The van der Waals surface area contributed by atoms with Gasteiger partial charge in [0.05, 0.1) is 4.90 Å². The molecule has 1 aromatic rings. The second-order valence-electron chi connectivity index (χ2n) is 6.61. The highest BCUT2D eigenvalue weighted by Gasteiger charge is 2.60. The maximum Gasteiger partial charge on any atom is 0.411 e. The van der Waals surface area contributed by atoms with Crippen LogP contribution in [0.2, 0.25) is 0 Å². The summed E-state index contributed by atoms with van der Waals surface area (Å²) in [7, 11) is -3.58. The summed E-state index contributed by atoms with van der Waals surface area (Å²) in [6.45, 7) is 4.17. The summed E-state index contributed by atoms with van der Waals surface area (Å²) in [5, 5.41) is 2.10. The number of halogens is 3. The highest BCUT2D eigenvalue weighted by Crippen LogP contribution is 2.48. The lowest BCUT2D eigenvalue weighted by Gasteiger charge is -2.33. The lowest BCUT2D eigenvalue weighted by Crippen LogP contribution is -2.58. The Morgan fingerprint density at radius 3 is 2.17 bits per heavy atom. The van der Waals surface area contributed by atoms with Gasteiger partial charge in [-0.3, -0.25) is 4.79 Å². The van der Waals surface area contributed by atoms with Crippen molar-refractivity contribution in [2.75, 3.05) is 6.26 Å². The fourth-order valence-corrected chi connectivity index (χ4v) is 3.37. The van der Waals surface area contributed by atoms with E-state index in [1.54, 1.807) is 13.8 Å². The number of sulfone groups is 1. The van der Waals surface area contributed by atoms with Crippen molar-refractivity contribution in [1.82, 2.24) is 5.32 Å². The second-order valence-corrected chi connectivity index (χ2v) is 8.63. The van der Waals surface area contributed by atoms with E-state index in [-0.39, 0.29) is 10.5 Å². The molecule has 0 radical (unpaired) electrons. The van der Waals surface area contributed by atoms with Crippen LogP contribution in [0.25, 0.3) is 0 Å². The van der Waals surface area contributed by atoms with Crippen molar-refractivity contribution in [2.24, 2.45) is 5.92 Å². The zero-order chi connectivity index (χ0) is 18.5. The van der Waals surface area contributed by atoms with Gasteiger partial charge in [0, 0.05) is 11.8 Å². The van der Waals surface area contributed by atoms with Gasteiger partial charge in [0.15, 0.2) is 9.84 Å². The largest absolute Gasteiger partial charge is 0.411 e. The van der Waals surface area contributed by atoms with Crippen LogP contribution < -0.4 is 5.32 Å². The van der Waals surface area contributed by atoms with E-state index in [2.05, 4.69) is 5.32 Å². The summed E-state index contributed by atoms with van der Waals surface area (Å²) in [6, 6.07) is 2.54. The average Bonchev–Trinajstić information content (AvgIpc) is 3.23. The molecule has 0 aromatic heterocycles. The third-order valence-corrected chi connectivity index (χ3v) is 5.76. The molecule has 1 aliphatic rings. The zero-order valence-corrected chi connectivity index (χ0v) is 14.7. The van der Waals surface area contributed by atoms with Crippen LogP contribution in [0.5, 0.6) is 0 Å². The number of carbonyl (C=O) groups excluding carboxylic acids is 1. The van der Waals surface area contributed by atoms with Gasteiger partial charge in [-0.15, -0.1) is 0 Å². The molecule has 2 rings (SSSR count). The molecule has 24 heavy (non-hydrogen) atoms. The number of hydrogen-bond donors (Lipinski definition) is 1. The Bertz CT molecular complexity index is 782. The lowest BCUT2D eigenvalue weighted by atomic mass is 9.93. The first-order valence-corrected chi connectivity index (χ1v) is 9.37. The van der Waals surface area contributed by atoms with Gasteiger partial charge in [-0.05, 0) is 62.8 Å². The summed E-state index contributed by atoms with van der Waals surface area (Å²) < 4.78 is 63.7. The topological polar surface area (TPSA) is 63.2 Å². The van der Waals surface area contributed by atoms with Crippen molar-refractivity contribution in [3.8, 4) is 0 Å². The molecule has 1 fully saturated rings. The smallest absolute Gasteiger partial charge is 0.338 e. The predicted octanol–water partition coefficient (Wildman–Crippen LogP) is 3.17. The second kappa shape index (κ2) is 5.75. The molecule has 134 valence electrons. The molecule has 0 bridgehead atoms. The molecule has 0 heterocycles. The fraction of sp³-hybridized carbons (Fsp3) is 0.562. The van der Waals surface area contributed by atoms with Crippen LogP contribution >= 0.6 is 0 Å². The van der Waals surface area contributed by atoms with E-state index in [4.69, 9.17) is 0 Å². The van der Waals surface area contributed by atoms with E-state index >= 15 is 0 Å². The van der Waals surface area contributed by atoms with Crippen molar-refractivity contribution in [1.29, 1.82) is 0 Å². The Labute approximate surface area is 139 Å². The van der Waals surface area contributed by atoms with Gasteiger partial charge >= 0.3 is 6.18 Å². The Hall–Kier alpha value is -1.57. The molecule has 4 nitrogen and oxygen atoms in total. The number of benzene rings is 1. The number of nitrogens with one attached hydrogen (secondary N) is 1. The van der Waals surface area contributed by atoms with Crippen LogP contribution in [0.15, 0.2) is 17.0 Å². The van der Waals surface area contributed by atoms with Crippen LogP contribution in [-0.4, -0.2) is 32.3 Å². The first kappa shape index (κ1) is 18.8. The number of aryl methyl sites for hydroxylation is 1. The van der Waals surface area contributed by atoms with Crippen LogP contribution in [0.1, 0.15) is 41.3 Å². The molecule has 1 unspecified atom stereocenters. The summed E-state index contributed by atoms with van der Waals surface area (Å²) >= 11 is 0. The highest BCUT2D eigenvalue weighted by atomic mass is 32.2. The number of carbonyl (C=O) groups is 1. The summed E-state index contributed by atoms with van der Waals surface area (Å²) in [4.78, 5) is 12.4. The van der Waals surface area contributed by atoms with Gasteiger partial charge in [-0.25, -0.2) is 8.42 Å². The van der Waals surface area contributed by atoms with E-state index in [0.717, 1.165) is 19.2 Å². The fourth-order valence-electron chi connectivity index (χ4n) is 2.64. The Morgan fingerprint density at radius 1 is 1.21 bits per heavy atom. The van der Waals surface area contributed by atoms with Gasteiger partial charge in [0.1, 0.15) is 5.54 Å². The van der Waals surface area contributed by atoms with E-state index in [0.29, 0.717) is 24.0 Å². The maximum atomic E-state index is 13.4. The number of rotatable bonds is 4. The Balaban J connectivity index is 2.45. The van der Waals surface area contributed by atoms with E-state index in [9.17, 15) is 26.4 Å². The van der Waals surface area contributed by atoms with Crippen molar-refractivity contribution in [3.63, 3.8) is 0 Å². The molecule has 1 saturated carbocycles. The third-order valence-electron chi connectivity index (χ3n) is 4.67. The lowest BCUT2D eigenvalue weighted by molar-refractivity contribution is -0.194. The molecular formula is C16H20F3NO3S. The van der Waals surface area contributed by atoms with Gasteiger partial charge in [0.25, 0.3) is 5.91 Å². The molecule has 0 spiro atoms.